The van der Waals surface area contributed by atoms with E-state index in [4.69, 9.17) is 14.2 Å². The van der Waals surface area contributed by atoms with Crippen molar-refractivity contribution in [2.75, 3.05) is 13.2 Å². The third kappa shape index (κ3) is 46.4. The highest BCUT2D eigenvalue weighted by molar-refractivity contribution is 5.71. The highest BCUT2D eigenvalue weighted by Crippen LogP contribution is 2.11. The van der Waals surface area contributed by atoms with Crippen LogP contribution in [0.3, 0.4) is 0 Å². The summed E-state index contributed by atoms with van der Waals surface area (Å²) < 4.78 is 16.6. The molecule has 6 heteroatoms. The molecule has 0 aromatic rings. The highest BCUT2D eigenvalue weighted by Gasteiger charge is 2.19. The number of esters is 3. The van der Waals surface area contributed by atoms with Crippen LogP contribution in [-0.2, 0) is 28.6 Å². The van der Waals surface area contributed by atoms with Gasteiger partial charge in [0.25, 0.3) is 0 Å². The zero-order valence-electron chi connectivity index (χ0n) is 39.1. The van der Waals surface area contributed by atoms with Crippen molar-refractivity contribution in [3.63, 3.8) is 0 Å². The maximum absolute atomic E-state index is 12.7. The van der Waals surface area contributed by atoms with Gasteiger partial charge >= 0.3 is 17.9 Å². The Morgan fingerprint density at radius 3 is 1.21 bits per heavy atom. The number of allylic oxidation sites excluding steroid dienone is 24. The Balaban J connectivity index is 4.56. The van der Waals surface area contributed by atoms with Crippen molar-refractivity contribution in [1.82, 2.24) is 0 Å². The minimum Gasteiger partial charge on any atom is -0.462 e. The fourth-order valence-corrected chi connectivity index (χ4v) is 5.66. The highest BCUT2D eigenvalue weighted by atomic mass is 16.6. The van der Waals surface area contributed by atoms with E-state index < -0.39 is 12.1 Å². The number of rotatable bonds is 40. The van der Waals surface area contributed by atoms with Crippen molar-refractivity contribution >= 4 is 17.9 Å². The molecule has 0 aliphatic heterocycles. The van der Waals surface area contributed by atoms with E-state index in [0.29, 0.717) is 19.3 Å². The summed E-state index contributed by atoms with van der Waals surface area (Å²) in [6.45, 7) is 6.17. The Bertz CT molecular complexity index is 1440. The molecule has 0 saturated heterocycles. The molecule has 344 valence electrons. The van der Waals surface area contributed by atoms with Gasteiger partial charge in [0, 0.05) is 19.3 Å². The Hall–Kier alpha value is -4.71. The topological polar surface area (TPSA) is 78.9 Å². The number of carbonyl (C=O) groups excluding carboxylic acids is 3. The van der Waals surface area contributed by atoms with Gasteiger partial charge in [-0.25, -0.2) is 0 Å². The Morgan fingerprint density at radius 1 is 0.355 bits per heavy atom. The van der Waals surface area contributed by atoms with Crippen LogP contribution in [0.25, 0.3) is 0 Å². The van der Waals surface area contributed by atoms with Gasteiger partial charge in [-0.2, -0.15) is 0 Å². The summed E-state index contributed by atoms with van der Waals surface area (Å²) in [5, 5.41) is 0. The summed E-state index contributed by atoms with van der Waals surface area (Å²) in [4.78, 5) is 37.8. The van der Waals surface area contributed by atoms with E-state index in [2.05, 4.69) is 130 Å². The van der Waals surface area contributed by atoms with E-state index in [1.807, 2.05) is 36.5 Å². The first-order chi connectivity index (χ1) is 30.5. The molecule has 62 heavy (non-hydrogen) atoms. The van der Waals surface area contributed by atoms with E-state index in [1.54, 1.807) is 0 Å². The van der Waals surface area contributed by atoms with E-state index >= 15 is 0 Å². The minimum atomic E-state index is -0.836. The molecule has 0 rings (SSSR count). The molecule has 1 atom stereocenters. The molecule has 0 aromatic carbocycles. The van der Waals surface area contributed by atoms with Gasteiger partial charge in [-0.1, -0.05) is 192 Å². The van der Waals surface area contributed by atoms with Gasteiger partial charge in [0.1, 0.15) is 13.2 Å². The van der Waals surface area contributed by atoms with E-state index in [1.165, 1.54) is 6.42 Å². The molecule has 0 aliphatic rings. The second-order valence-corrected chi connectivity index (χ2v) is 15.0. The number of hydrogen-bond donors (Lipinski definition) is 0. The van der Waals surface area contributed by atoms with E-state index in [-0.39, 0.29) is 38.0 Å². The van der Waals surface area contributed by atoms with Gasteiger partial charge in [0.15, 0.2) is 6.10 Å². The maximum atomic E-state index is 12.7. The first-order valence-corrected chi connectivity index (χ1v) is 23.9. The lowest BCUT2D eigenvalue weighted by Crippen LogP contribution is -2.30. The third-order valence-corrected chi connectivity index (χ3v) is 9.17. The van der Waals surface area contributed by atoms with Crippen molar-refractivity contribution in [3.05, 3.63) is 146 Å². The molecule has 0 aliphatic carbocycles. The van der Waals surface area contributed by atoms with Crippen molar-refractivity contribution in [2.45, 2.75) is 175 Å². The van der Waals surface area contributed by atoms with Crippen LogP contribution in [0.1, 0.15) is 168 Å². The molecule has 0 saturated carbocycles. The van der Waals surface area contributed by atoms with Crippen LogP contribution in [0.5, 0.6) is 0 Å². The van der Waals surface area contributed by atoms with Crippen molar-refractivity contribution in [2.24, 2.45) is 0 Å². The fraction of sp³-hybridized carbons (Fsp3) is 0.518. The molecule has 0 bridgehead atoms. The Kier molecular flexibility index (Phi) is 45.2. The normalized spacial score (nSPS) is 13.4. The quantitative estimate of drug-likeness (QED) is 0.0201. The lowest BCUT2D eigenvalue weighted by Gasteiger charge is -2.18. The van der Waals surface area contributed by atoms with Crippen LogP contribution < -0.4 is 0 Å². The predicted molar refractivity (Wildman–Crippen MR) is 265 cm³/mol. The van der Waals surface area contributed by atoms with Gasteiger partial charge in [-0.3, -0.25) is 14.4 Å². The molecule has 0 fully saturated rings. The van der Waals surface area contributed by atoms with Gasteiger partial charge in [-0.05, 0) is 103 Å². The van der Waals surface area contributed by atoms with Crippen LogP contribution >= 0.6 is 0 Å². The van der Waals surface area contributed by atoms with Crippen LogP contribution in [0, 0.1) is 0 Å². The summed E-state index contributed by atoms with van der Waals surface area (Å²) in [7, 11) is 0. The lowest BCUT2D eigenvalue weighted by atomic mass is 10.1. The van der Waals surface area contributed by atoms with Gasteiger partial charge in [0.05, 0.1) is 0 Å². The van der Waals surface area contributed by atoms with Gasteiger partial charge < -0.3 is 14.2 Å². The molecular weight excluding hydrogens is 769 g/mol. The minimum absolute atomic E-state index is 0.131. The maximum Gasteiger partial charge on any atom is 0.306 e. The van der Waals surface area contributed by atoms with E-state index in [9.17, 15) is 14.4 Å². The Morgan fingerprint density at radius 2 is 0.710 bits per heavy atom. The van der Waals surface area contributed by atoms with Crippen molar-refractivity contribution in [1.29, 1.82) is 0 Å². The zero-order valence-corrected chi connectivity index (χ0v) is 39.1. The van der Waals surface area contributed by atoms with Crippen molar-refractivity contribution < 1.29 is 28.6 Å². The summed E-state index contributed by atoms with van der Waals surface area (Å²) in [6.07, 6.45) is 69.8. The summed E-state index contributed by atoms with van der Waals surface area (Å²) >= 11 is 0. The standard InChI is InChI=1S/C56H84O6/c1-4-7-10-13-16-19-21-23-25-27-29-30-32-34-37-40-43-46-49-55(58)61-52-53(51-60-54(57)48-45-42-39-36-18-15-12-9-6-3)62-56(59)50-47-44-41-38-35-33-31-28-26-24-22-20-17-14-11-8-5-2/h8-13,16-21,23-27,29-31,33,36,38,41,53H,4-7,14-15,22,28,32,34-35,37,39-40,42-52H2,1-3H3/b11-8-,12-9-,13-10-,19-16-,20-17-,23-21-,26-24-,27-25-,30-29-,33-31-,36-18-,41-38-. The smallest absolute Gasteiger partial charge is 0.306 e. The van der Waals surface area contributed by atoms with Crippen LogP contribution in [0.15, 0.2) is 146 Å². The molecular formula is C56H84O6. The van der Waals surface area contributed by atoms with Gasteiger partial charge in [0.2, 0.25) is 0 Å². The molecule has 0 aromatic heterocycles. The molecule has 1 unspecified atom stereocenters. The number of carbonyl (C=O) groups is 3. The average Bonchev–Trinajstić information content (AvgIpc) is 3.27. The Labute approximate surface area is 378 Å². The average molecular weight is 853 g/mol. The molecule has 0 radical (unpaired) electrons. The summed E-state index contributed by atoms with van der Waals surface area (Å²) in [6, 6.07) is 0. The largest absolute Gasteiger partial charge is 0.462 e. The van der Waals surface area contributed by atoms with Crippen LogP contribution in [-0.4, -0.2) is 37.2 Å². The first kappa shape index (κ1) is 57.3. The molecule has 6 nitrogen and oxygen atoms in total. The zero-order chi connectivity index (χ0) is 45.1. The molecule has 0 heterocycles. The number of hydrogen-bond acceptors (Lipinski definition) is 6. The third-order valence-electron chi connectivity index (χ3n) is 9.17. The van der Waals surface area contributed by atoms with Gasteiger partial charge in [-0.15, -0.1) is 0 Å². The molecule has 0 amide bonds. The number of unbranched alkanes of at least 4 members (excludes halogenated alkanes) is 9. The van der Waals surface area contributed by atoms with Crippen LogP contribution in [0.2, 0.25) is 0 Å². The summed E-state index contributed by atoms with van der Waals surface area (Å²) in [5.41, 5.74) is 0. The lowest BCUT2D eigenvalue weighted by molar-refractivity contribution is -0.167. The second-order valence-electron chi connectivity index (χ2n) is 15.0. The molecule has 0 N–H and O–H groups in total. The first-order valence-electron chi connectivity index (χ1n) is 23.9. The number of ether oxygens (including phenoxy) is 3. The van der Waals surface area contributed by atoms with E-state index in [0.717, 1.165) is 109 Å². The monoisotopic (exact) mass is 853 g/mol. The summed E-state index contributed by atoms with van der Waals surface area (Å²) in [5.74, 6) is -1.07. The second kappa shape index (κ2) is 49.0. The van der Waals surface area contributed by atoms with Crippen molar-refractivity contribution in [3.8, 4) is 0 Å². The predicted octanol–water partition coefficient (Wildman–Crippen LogP) is 15.7. The van der Waals surface area contributed by atoms with Crippen LogP contribution in [0.4, 0.5) is 0 Å². The molecule has 0 spiro atoms. The SMILES string of the molecule is CC/C=C\C/C=C\C/C=C\C/C=C\C/C=C\CCCC(=O)OC(COC(=O)CCCC/C=C\C/C=C\CC)COC(=O)CCCCCCC\C=C/C=C\C=C/C=C\C=C/CCC. The fourth-order valence-electron chi connectivity index (χ4n) is 5.66.